The third-order valence-corrected chi connectivity index (χ3v) is 8.10. The van der Waals surface area contributed by atoms with Gasteiger partial charge in [0.05, 0.1) is 16.3 Å². The molecule has 4 rings (SSSR count). The van der Waals surface area contributed by atoms with Gasteiger partial charge in [-0.3, -0.25) is 4.79 Å². The van der Waals surface area contributed by atoms with Crippen molar-refractivity contribution in [3.05, 3.63) is 44.2 Å². The number of nitrogens with one attached hydrogen (secondary N) is 1. The van der Waals surface area contributed by atoms with E-state index >= 15 is 0 Å². The van der Waals surface area contributed by atoms with Gasteiger partial charge in [-0.15, -0.1) is 21.5 Å². The summed E-state index contributed by atoms with van der Waals surface area (Å²) in [5, 5.41) is 23.4. The van der Waals surface area contributed by atoms with E-state index < -0.39 is 0 Å². The molecule has 1 aromatic carbocycles. The van der Waals surface area contributed by atoms with Crippen LogP contribution in [0.3, 0.4) is 0 Å². The molecular formula is C22H21Cl2N5OS2. The van der Waals surface area contributed by atoms with E-state index in [-0.39, 0.29) is 11.7 Å². The Hall–Kier alpha value is -2.05. The van der Waals surface area contributed by atoms with Crippen LogP contribution in [0.5, 0.6) is 0 Å². The average Bonchev–Trinajstić information content (AvgIpc) is 3.31. The number of hydrogen-bond acceptors (Lipinski definition) is 6. The second kappa shape index (κ2) is 9.84. The number of carbonyl (C=O) groups excluding carboxylic acids is 1. The molecule has 0 fully saturated rings. The SMILES string of the molecule is CCn1c(SCC(=O)Nc2sc3c(c2C#N)CCC(C)C3)nnc1-c1ccc(Cl)cc1Cl. The van der Waals surface area contributed by atoms with Crippen molar-refractivity contribution in [2.24, 2.45) is 5.92 Å². The monoisotopic (exact) mass is 505 g/mol. The molecule has 6 nitrogen and oxygen atoms in total. The minimum Gasteiger partial charge on any atom is -0.316 e. The standard InChI is InChI=1S/C22H21Cl2N5OS2/c1-3-29-20(15-7-5-13(23)9-17(15)24)27-28-22(29)31-11-19(30)26-21-16(10-25)14-6-4-12(2)8-18(14)32-21/h5,7,9,12H,3-4,6,8,11H2,1-2H3,(H,26,30). The highest BCUT2D eigenvalue weighted by Crippen LogP contribution is 2.39. The summed E-state index contributed by atoms with van der Waals surface area (Å²) in [6.45, 7) is 4.83. The van der Waals surface area contributed by atoms with Crippen LogP contribution in [0.4, 0.5) is 5.00 Å². The number of thioether (sulfide) groups is 1. The number of fused-ring (bicyclic) bond motifs is 1. The van der Waals surface area contributed by atoms with Gasteiger partial charge in [0.1, 0.15) is 11.1 Å². The zero-order valence-corrected chi connectivity index (χ0v) is 20.8. The van der Waals surface area contributed by atoms with Gasteiger partial charge in [-0.2, -0.15) is 5.26 Å². The third-order valence-electron chi connectivity index (χ3n) is 5.41. The number of hydrogen-bond donors (Lipinski definition) is 1. The summed E-state index contributed by atoms with van der Waals surface area (Å²) in [5.41, 5.74) is 2.46. The molecule has 0 saturated carbocycles. The van der Waals surface area contributed by atoms with E-state index in [0.29, 0.717) is 44.1 Å². The molecule has 3 aromatic rings. The van der Waals surface area contributed by atoms with Crippen molar-refractivity contribution in [1.29, 1.82) is 5.26 Å². The molecule has 2 aromatic heterocycles. The molecular weight excluding hydrogens is 485 g/mol. The number of carbonyl (C=O) groups is 1. The Kier molecular flexibility index (Phi) is 7.11. The fraction of sp³-hybridized carbons (Fsp3) is 0.364. The first-order chi connectivity index (χ1) is 15.4. The Morgan fingerprint density at radius 2 is 2.22 bits per heavy atom. The number of rotatable bonds is 6. The van der Waals surface area contributed by atoms with Crippen LogP contribution < -0.4 is 5.32 Å². The Morgan fingerprint density at radius 1 is 1.41 bits per heavy atom. The lowest BCUT2D eigenvalue weighted by Gasteiger charge is -2.17. The van der Waals surface area contributed by atoms with E-state index in [9.17, 15) is 10.1 Å². The number of benzene rings is 1. The Balaban J connectivity index is 1.47. The fourth-order valence-corrected chi connectivity index (χ4v) is 6.47. The number of halogens is 2. The highest BCUT2D eigenvalue weighted by molar-refractivity contribution is 7.99. The molecule has 2 heterocycles. The molecule has 0 spiro atoms. The highest BCUT2D eigenvalue weighted by atomic mass is 35.5. The van der Waals surface area contributed by atoms with Crippen LogP contribution in [-0.2, 0) is 24.2 Å². The molecule has 166 valence electrons. The summed E-state index contributed by atoms with van der Waals surface area (Å²) >= 11 is 15.2. The maximum Gasteiger partial charge on any atom is 0.235 e. The summed E-state index contributed by atoms with van der Waals surface area (Å²) in [7, 11) is 0. The van der Waals surface area contributed by atoms with E-state index in [1.165, 1.54) is 28.0 Å². The maximum absolute atomic E-state index is 12.7. The number of anilines is 1. The zero-order valence-electron chi connectivity index (χ0n) is 17.6. The smallest absolute Gasteiger partial charge is 0.235 e. The van der Waals surface area contributed by atoms with E-state index in [2.05, 4.69) is 28.5 Å². The van der Waals surface area contributed by atoms with Gasteiger partial charge in [0.15, 0.2) is 11.0 Å². The number of nitriles is 1. The molecule has 1 N–H and O–H groups in total. The Morgan fingerprint density at radius 3 is 2.94 bits per heavy atom. The molecule has 1 unspecified atom stereocenters. The van der Waals surface area contributed by atoms with Crippen molar-refractivity contribution in [3.8, 4) is 17.5 Å². The molecule has 1 aliphatic rings. The Bertz CT molecular complexity index is 1210. The summed E-state index contributed by atoms with van der Waals surface area (Å²) in [6, 6.07) is 7.52. The van der Waals surface area contributed by atoms with Crippen LogP contribution in [0, 0.1) is 17.2 Å². The number of amides is 1. The van der Waals surface area contributed by atoms with Crippen molar-refractivity contribution in [2.45, 2.75) is 44.8 Å². The number of nitrogens with zero attached hydrogens (tertiary/aromatic N) is 4. The topological polar surface area (TPSA) is 83.6 Å². The first-order valence-electron chi connectivity index (χ1n) is 10.3. The van der Waals surface area contributed by atoms with Crippen LogP contribution in [0.2, 0.25) is 10.0 Å². The van der Waals surface area contributed by atoms with Crippen LogP contribution in [-0.4, -0.2) is 26.4 Å². The summed E-state index contributed by atoms with van der Waals surface area (Å²) in [4.78, 5) is 13.9. The third kappa shape index (κ3) is 4.67. The normalized spacial score (nSPS) is 15.3. The zero-order chi connectivity index (χ0) is 22.8. The second-order valence-corrected chi connectivity index (χ2v) is 10.6. The van der Waals surface area contributed by atoms with E-state index in [4.69, 9.17) is 23.2 Å². The maximum atomic E-state index is 12.7. The van der Waals surface area contributed by atoms with Gasteiger partial charge in [-0.05, 0) is 55.9 Å². The lowest BCUT2D eigenvalue weighted by atomic mass is 9.89. The second-order valence-electron chi connectivity index (χ2n) is 7.68. The van der Waals surface area contributed by atoms with E-state index in [1.807, 2.05) is 17.6 Å². The summed E-state index contributed by atoms with van der Waals surface area (Å²) in [6.07, 6.45) is 2.94. The first kappa shape index (κ1) is 23.1. The molecule has 0 bridgehead atoms. The minimum absolute atomic E-state index is 0.163. The van der Waals surface area contributed by atoms with Crippen LogP contribution in [0.1, 0.15) is 36.3 Å². The average molecular weight is 506 g/mol. The molecule has 0 radical (unpaired) electrons. The fourth-order valence-electron chi connectivity index (χ4n) is 3.80. The van der Waals surface area contributed by atoms with Crippen molar-refractivity contribution < 1.29 is 4.79 Å². The molecule has 0 aliphatic heterocycles. The predicted octanol–water partition coefficient (Wildman–Crippen LogP) is 6.06. The van der Waals surface area contributed by atoms with Crippen LogP contribution in [0.15, 0.2) is 23.4 Å². The minimum atomic E-state index is -0.171. The van der Waals surface area contributed by atoms with Gasteiger partial charge in [0, 0.05) is 22.0 Å². The van der Waals surface area contributed by atoms with Gasteiger partial charge in [0.25, 0.3) is 0 Å². The number of aromatic nitrogens is 3. The van der Waals surface area contributed by atoms with Crippen molar-refractivity contribution in [3.63, 3.8) is 0 Å². The van der Waals surface area contributed by atoms with Crippen LogP contribution in [0.25, 0.3) is 11.4 Å². The molecule has 1 aliphatic carbocycles. The van der Waals surface area contributed by atoms with Crippen LogP contribution >= 0.6 is 46.3 Å². The quantitative estimate of drug-likeness (QED) is 0.411. The first-order valence-corrected chi connectivity index (χ1v) is 12.8. The summed E-state index contributed by atoms with van der Waals surface area (Å²) < 4.78 is 1.92. The molecule has 32 heavy (non-hydrogen) atoms. The van der Waals surface area contributed by atoms with Crippen molar-refractivity contribution >= 4 is 57.2 Å². The van der Waals surface area contributed by atoms with Gasteiger partial charge >= 0.3 is 0 Å². The van der Waals surface area contributed by atoms with E-state index in [0.717, 1.165) is 30.4 Å². The highest BCUT2D eigenvalue weighted by Gasteiger charge is 2.25. The molecule has 10 heteroatoms. The molecule has 1 atom stereocenters. The lowest BCUT2D eigenvalue weighted by molar-refractivity contribution is -0.113. The lowest BCUT2D eigenvalue weighted by Crippen LogP contribution is -2.14. The molecule has 1 amide bonds. The van der Waals surface area contributed by atoms with Gasteiger partial charge < -0.3 is 9.88 Å². The predicted molar refractivity (Wildman–Crippen MR) is 131 cm³/mol. The number of thiophene rings is 1. The van der Waals surface area contributed by atoms with E-state index in [1.54, 1.807) is 12.1 Å². The van der Waals surface area contributed by atoms with Crippen molar-refractivity contribution in [1.82, 2.24) is 14.8 Å². The van der Waals surface area contributed by atoms with Gasteiger partial charge in [-0.1, -0.05) is 41.9 Å². The molecule has 0 saturated heterocycles. The largest absolute Gasteiger partial charge is 0.316 e. The summed E-state index contributed by atoms with van der Waals surface area (Å²) in [5.74, 6) is 1.23. The van der Waals surface area contributed by atoms with Gasteiger partial charge in [-0.25, -0.2) is 0 Å². The van der Waals surface area contributed by atoms with Gasteiger partial charge in [0.2, 0.25) is 5.91 Å². The van der Waals surface area contributed by atoms with Crippen molar-refractivity contribution in [2.75, 3.05) is 11.1 Å². The Labute approximate surface area is 204 Å².